The van der Waals surface area contributed by atoms with Crippen molar-refractivity contribution in [3.8, 4) is 0 Å². The zero-order valence-corrected chi connectivity index (χ0v) is 14.2. The molecule has 4 nitrogen and oxygen atoms in total. The van der Waals surface area contributed by atoms with Crippen LogP contribution in [0, 0.1) is 6.92 Å². The molecule has 6 heteroatoms. The van der Waals surface area contributed by atoms with Crippen molar-refractivity contribution in [1.29, 1.82) is 0 Å². The van der Waals surface area contributed by atoms with Crippen LogP contribution >= 0.6 is 31.9 Å². The SMILES string of the molecule is Cc1cc(C(=O)Nc2c(Br)cccc2C(=O)O)ccc1Br. The van der Waals surface area contributed by atoms with Gasteiger partial charge in [0.05, 0.1) is 11.3 Å². The van der Waals surface area contributed by atoms with Crippen LogP contribution in [0.3, 0.4) is 0 Å². The summed E-state index contributed by atoms with van der Waals surface area (Å²) in [6, 6.07) is 9.90. The number of hydrogen-bond donors (Lipinski definition) is 2. The predicted octanol–water partition coefficient (Wildman–Crippen LogP) is 4.47. The Balaban J connectivity index is 2.36. The Morgan fingerprint density at radius 3 is 2.43 bits per heavy atom. The highest BCUT2D eigenvalue weighted by Crippen LogP contribution is 2.27. The molecular formula is C15H11Br2NO3. The number of carbonyl (C=O) groups is 2. The highest BCUT2D eigenvalue weighted by Gasteiger charge is 2.16. The minimum absolute atomic E-state index is 0.0339. The van der Waals surface area contributed by atoms with E-state index in [-0.39, 0.29) is 17.2 Å². The van der Waals surface area contributed by atoms with Crippen molar-refractivity contribution in [2.75, 3.05) is 5.32 Å². The van der Waals surface area contributed by atoms with E-state index in [4.69, 9.17) is 0 Å². The van der Waals surface area contributed by atoms with Gasteiger partial charge in [-0.1, -0.05) is 22.0 Å². The van der Waals surface area contributed by atoms with E-state index in [0.29, 0.717) is 10.0 Å². The minimum atomic E-state index is -1.10. The maximum atomic E-state index is 12.3. The van der Waals surface area contributed by atoms with Crippen molar-refractivity contribution < 1.29 is 14.7 Å². The van der Waals surface area contributed by atoms with Crippen molar-refractivity contribution in [1.82, 2.24) is 0 Å². The molecule has 0 aliphatic rings. The second-order valence-corrected chi connectivity index (χ2v) is 6.09. The minimum Gasteiger partial charge on any atom is -0.478 e. The van der Waals surface area contributed by atoms with E-state index in [0.717, 1.165) is 10.0 Å². The summed E-state index contributed by atoms with van der Waals surface area (Å²) in [7, 11) is 0. The van der Waals surface area contributed by atoms with E-state index in [1.807, 2.05) is 6.92 Å². The van der Waals surface area contributed by atoms with E-state index in [2.05, 4.69) is 37.2 Å². The Morgan fingerprint density at radius 2 is 1.81 bits per heavy atom. The molecule has 2 N–H and O–H groups in total. The predicted molar refractivity (Wildman–Crippen MR) is 87.9 cm³/mol. The van der Waals surface area contributed by atoms with Gasteiger partial charge in [0.25, 0.3) is 5.91 Å². The van der Waals surface area contributed by atoms with Crippen molar-refractivity contribution in [2.45, 2.75) is 6.92 Å². The standard InChI is InChI=1S/C15H11Br2NO3/c1-8-7-9(5-6-11(8)16)14(19)18-13-10(15(20)21)3-2-4-12(13)17/h2-7H,1H3,(H,18,19)(H,20,21). The van der Waals surface area contributed by atoms with Crippen LogP contribution in [-0.4, -0.2) is 17.0 Å². The molecule has 0 heterocycles. The summed E-state index contributed by atoms with van der Waals surface area (Å²) < 4.78 is 1.43. The van der Waals surface area contributed by atoms with Gasteiger partial charge in [0, 0.05) is 14.5 Å². The van der Waals surface area contributed by atoms with Gasteiger partial charge < -0.3 is 10.4 Å². The molecule has 0 aliphatic carbocycles. The molecule has 1 amide bonds. The Bertz CT molecular complexity index is 729. The second kappa shape index (κ2) is 6.41. The van der Waals surface area contributed by atoms with E-state index >= 15 is 0 Å². The van der Waals surface area contributed by atoms with Gasteiger partial charge >= 0.3 is 5.97 Å². The average molecular weight is 413 g/mol. The number of aromatic carboxylic acids is 1. The van der Waals surface area contributed by atoms with Gasteiger partial charge in [0.2, 0.25) is 0 Å². The summed E-state index contributed by atoms with van der Waals surface area (Å²) in [6.45, 7) is 1.88. The van der Waals surface area contributed by atoms with Crippen molar-refractivity contribution in [2.24, 2.45) is 0 Å². The molecule has 0 unspecified atom stereocenters. The quantitative estimate of drug-likeness (QED) is 0.781. The monoisotopic (exact) mass is 411 g/mol. The Morgan fingerprint density at radius 1 is 1.10 bits per heavy atom. The number of hydrogen-bond acceptors (Lipinski definition) is 2. The zero-order chi connectivity index (χ0) is 15.6. The maximum absolute atomic E-state index is 12.3. The van der Waals surface area contributed by atoms with Gasteiger partial charge in [0.15, 0.2) is 0 Å². The summed E-state index contributed by atoms with van der Waals surface area (Å²) in [5, 5.41) is 11.8. The lowest BCUT2D eigenvalue weighted by Gasteiger charge is -2.11. The molecule has 2 aromatic carbocycles. The third kappa shape index (κ3) is 3.51. The zero-order valence-electron chi connectivity index (χ0n) is 11.0. The summed E-state index contributed by atoms with van der Waals surface area (Å²) >= 11 is 6.63. The first kappa shape index (κ1) is 15.7. The van der Waals surface area contributed by atoms with Crippen LogP contribution in [0.15, 0.2) is 45.3 Å². The smallest absolute Gasteiger partial charge is 0.337 e. The van der Waals surface area contributed by atoms with Gasteiger partial charge in [0.1, 0.15) is 0 Å². The van der Waals surface area contributed by atoms with Crippen LogP contribution < -0.4 is 5.32 Å². The second-order valence-electron chi connectivity index (χ2n) is 4.39. The van der Waals surface area contributed by atoms with Crippen LogP contribution in [0.1, 0.15) is 26.3 Å². The number of halogens is 2. The molecular weight excluding hydrogens is 402 g/mol. The van der Waals surface area contributed by atoms with Gasteiger partial charge in [-0.3, -0.25) is 4.79 Å². The Hall–Kier alpha value is -1.66. The highest BCUT2D eigenvalue weighted by molar-refractivity contribution is 9.10. The molecule has 0 radical (unpaired) electrons. The number of anilines is 1. The fourth-order valence-electron chi connectivity index (χ4n) is 1.80. The molecule has 21 heavy (non-hydrogen) atoms. The summed E-state index contributed by atoms with van der Waals surface area (Å²) in [5.41, 5.74) is 1.66. The Kier molecular flexibility index (Phi) is 4.80. The van der Waals surface area contributed by atoms with Crippen molar-refractivity contribution in [3.05, 3.63) is 62.0 Å². The number of rotatable bonds is 3. The molecule has 0 fully saturated rings. The van der Waals surface area contributed by atoms with Crippen LogP contribution in [-0.2, 0) is 0 Å². The molecule has 2 rings (SSSR count). The third-order valence-electron chi connectivity index (χ3n) is 2.90. The number of amides is 1. The molecule has 0 saturated heterocycles. The van der Waals surface area contributed by atoms with Gasteiger partial charge in [-0.25, -0.2) is 4.79 Å². The summed E-state index contributed by atoms with van der Waals surface area (Å²) in [6.07, 6.45) is 0. The molecule has 0 aliphatic heterocycles. The maximum Gasteiger partial charge on any atom is 0.337 e. The number of aryl methyl sites for hydroxylation is 1. The van der Waals surface area contributed by atoms with Crippen molar-refractivity contribution in [3.63, 3.8) is 0 Å². The number of benzene rings is 2. The van der Waals surface area contributed by atoms with E-state index < -0.39 is 5.97 Å². The normalized spacial score (nSPS) is 10.2. The molecule has 0 aromatic heterocycles. The third-order valence-corrected chi connectivity index (χ3v) is 4.45. The highest BCUT2D eigenvalue weighted by atomic mass is 79.9. The molecule has 0 saturated carbocycles. The lowest BCUT2D eigenvalue weighted by molar-refractivity contribution is 0.0698. The topological polar surface area (TPSA) is 66.4 Å². The van der Waals surface area contributed by atoms with E-state index in [1.54, 1.807) is 30.3 Å². The number of para-hydroxylation sites is 1. The van der Waals surface area contributed by atoms with Crippen molar-refractivity contribution >= 4 is 49.4 Å². The van der Waals surface area contributed by atoms with Gasteiger partial charge in [-0.05, 0) is 58.7 Å². The number of carboxylic acid groups (broad SMARTS) is 1. The lowest BCUT2D eigenvalue weighted by atomic mass is 10.1. The molecule has 2 aromatic rings. The van der Waals surface area contributed by atoms with Crippen LogP contribution in [0.4, 0.5) is 5.69 Å². The first-order chi connectivity index (χ1) is 9.90. The van der Waals surface area contributed by atoms with Crippen LogP contribution in [0.5, 0.6) is 0 Å². The summed E-state index contributed by atoms with van der Waals surface area (Å²) in [5.74, 6) is -1.46. The number of nitrogens with one attached hydrogen (secondary N) is 1. The van der Waals surface area contributed by atoms with Crippen LogP contribution in [0.25, 0.3) is 0 Å². The molecule has 0 bridgehead atoms. The fraction of sp³-hybridized carbons (Fsp3) is 0.0667. The Labute approximate surface area is 138 Å². The average Bonchev–Trinajstić information content (AvgIpc) is 2.43. The largest absolute Gasteiger partial charge is 0.478 e. The first-order valence-electron chi connectivity index (χ1n) is 5.99. The van der Waals surface area contributed by atoms with E-state index in [9.17, 15) is 14.7 Å². The number of carboxylic acids is 1. The lowest BCUT2D eigenvalue weighted by Crippen LogP contribution is -2.15. The first-order valence-corrected chi connectivity index (χ1v) is 7.58. The molecule has 0 atom stereocenters. The molecule has 0 spiro atoms. The fourth-order valence-corrected chi connectivity index (χ4v) is 2.51. The number of carbonyl (C=O) groups excluding carboxylic acids is 1. The molecule has 108 valence electrons. The van der Waals surface area contributed by atoms with E-state index in [1.165, 1.54) is 6.07 Å². The van der Waals surface area contributed by atoms with Crippen LogP contribution in [0.2, 0.25) is 0 Å². The van der Waals surface area contributed by atoms with Gasteiger partial charge in [-0.2, -0.15) is 0 Å². The van der Waals surface area contributed by atoms with Gasteiger partial charge in [-0.15, -0.1) is 0 Å². The summed E-state index contributed by atoms with van der Waals surface area (Å²) in [4.78, 5) is 23.5.